The summed E-state index contributed by atoms with van der Waals surface area (Å²) in [5.41, 5.74) is 3.32. The fourth-order valence-corrected chi connectivity index (χ4v) is 3.21. The second kappa shape index (κ2) is 5.69. The summed E-state index contributed by atoms with van der Waals surface area (Å²) in [7, 11) is 0. The molecular weight excluding hydrogens is 220 g/mol. The number of aryl methyl sites for hydroxylation is 2. The Labute approximate surface area is 111 Å². The van der Waals surface area contributed by atoms with Crippen LogP contribution >= 0.6 is 0 Å². The lowest BCUT2D eigenvalue weighted by Gasteiger charge is -2.27. The molecule has 1 saturated carbocycles. The summed E-state index contributed by atoms with van der Waals surface area (Å²) in [6.07, 6.45) is 5.94. The predicted octanol–water partition coefficient (Wildman–Crippen LogP) is 4.70. The number of rotatable bonds is 3. The smallest absolute Gasteiger partial charge is 0.166 e. The summed E-state index contributed by atoms with van der Waals surface area (Å²) in [5, 5.41) is 0. The Balaban J connectivity index is 2.15. The second-order valence-electron chi connectivity index (χ2n) is 5.82. The molecule has 0 aromatic heterocycles. The van der Waals surface area contributed by atoms with Crippen molar-refractivity contribution < 1.29 is 4.79 Å². The van der Waals surface area contributed by atoms with Crippen LogP contribution in [0.3, 0.4) is 0 Å². The van der Waals surface area contributed by atoms with E-state index in [1.165, 1.54) is 24.8 Å². The molecule has 98 valence electrons. The topological polar surface area (TPSA) is 17.1 Å². The zero-order valence-electron chi connectivity index (χ0n) is 11.8. The molecule has 2 unspecified atom stereocenters. The molecule has 2 rings (SSSR count). The van der Waals surface area contributed by atoms with Gasteiger partial charge in [0.15, 0.2) is 5.78 Å². The van der Waals surface area contributed by atoms with Crippen molar-refractivity contribution in [3.8, 4) is 0 Å². The lowest BCUT2D eigenvalue weighted by atomic mass is 9.76. The maximum Gasteiger partial charge on any atom is 0.166 e. The number of carbonyl (C=O) groups excluding carboxylic acids is 1. The van der Waals surface area contributed by atoms with E-state index in [4.69, 9.17) is 0 Å². The molecule has 2 atom stereocenters. The van der Waals surface area contributed by atoms with Gasteiger partial charge in [0, 0.05) is 11.5 Å². The van der Waals surface area contributed by atoms with E-state index in [0.717, 1.165) is 29.9 Å². The zero-order chi connectivity index (χ0) is 13.1. The molecule has 1 nitrogen and oxygen atoms in total. The first-order valence-corrected chi connectivity index (χ1v) is 7.23. The van der Waals surface area contributed by atoms with Gasteiger partial charge in [-0.2, -0.15) is 0 Å². The molecule has 1 aliphatic carbocycles. The normalized spacial score (nSPS) is 23.9. The molecule has 1 aliphatic rings. The van der Waals surface area contributed by atoms with Gasteiger partial charge in [-0.1, -0.05) is 49.9 Å². The van der Waals surface area contributed by atoms with Crippen molar-refractivity contribution in [2.45, 2.75) is 52.9 Å². The first-order valence-electron chi connectivity index (χ1n) is 7.23. The summed E-state index contributed by atoms with van der Waals surface area (Å²) < 4.78 is 0. The fourth-order valence-electron chi connectivity index (χ4n) is 3.21. The molecule has 1 heteroatoms. The van der Waals surface area contributed by atoms with Crippen molar-refractivity contribution >= 4 is 5.78 Å². The number of carbonyl (C=O) groups is 1. The van der Waals surface area contributed by atoms with Crippen LogP contribution in [0.2, 0.25) is 0 Å². The van der Waals surface area contributed by atoms with Gasteiger partial charge in [0.05, 0.1) is 0 Å². The van der Waals surface area contributed by atoms with Gasteiger partial charge in [-0.15, -0.1) is 0 Å². The number of benzene rings is 1. The highest BCUT2D eigenvalue weighted by molar-refractivity contribution is 5.99. The lowest BCUT2D eigenvalue weighted by Crippen LogP contribution is -2.23. The van der Waals surface area contributed by atoms with Crippen LogP contribution in [0, 0.1) is 25.7 Å². The Morgan fingerprint density at radius 1 is 1.28 bits per heavy atom. The van der Waals surface area contributed by atoms with Crippen molar-refractivity contribution in [1.29, 1.82) is 0 Å². The Morgan fingerprint density at radius 3 is 2.72 bits per heavy atom. The van der Waals surface area contributed by atoms with Crippen molar-refractivity contribution in [1.82, 2.24) is 0 Å². The van der Waals surface area contributed by atoms with Crippen molar-refractivity contribution in [2.75, 3.05) is 0 Å². The maximum absolute atomic E-state index is 12.6. The van der Waals surface area contributed by atoms with Crippen LogP contribution in [-0.4, -0.2) is 5.78 Å². The highest BCUT2D eigenvalue weighted by atomic mass is 16.1. The molecule has 0 saturated heterocycles. The molecule has 1 aromatic carbocycles. The number of hydrogen-bond acceptors (Lipinski definition) is 1. The van der Waals surface area contributed by atoms with Crippen LogP contribution in [0.25, 0.3) is 0 Å². The third-order valence-electron chi connectivity index (χ3n) is 4.38. The van der Waals surface area contributed by atoms with E-state index >= 15 is 0 Å². The summed E-state index contributed by atoms with van der Waals surface area (Å²) in [5.74, 6) is 1.41. The first kappa shape index (κ1) is 13.3. The van der Waals surface area contributed by atoms with E-state index in [1.807, 2.05) is 6.07 Å². The Bertz CT molecular complexity index is 433. The van der Waals surface area contributed by atoms with Gasteiger partial charge in [0.2, 0.25) is 0 Å². The molecule has 0 bridgehead atoms. The van der Waals surface area contributed by atoms with Gasteiger partial charge in [0.25, 0.3) is 0 Å². The van der Waals surface area contributed by atoms with Crippen molar-refractivity contribution in [3.63, 3.8) is 0 Å². The fraction of sp³-hybridized carbons (Fsp3) is 0.588. The Morgan fingerprint density at radius 2 is 2.06 bits per heavy atom. The minimum absolute atomic E-state index is 0.269. The Kier molecular flexibility index (Phi) is 4.21. The minimum atomic E-state index is 0.269. The van der Waals surface area contributed by atoms with E-state index in [1.54, 1.807) is 0 Å². The average molecular weight is 244 g/mol. The van der Waals surface area contributed by atoms with E-state index in [9.17, 15) is 4.79 Å². The van der Waals surface area contributed by atoms with Gasteiger partial charge < -0.3 is 0 Å². The molecule has 18 heavy (non-hydrogen) atoms. The van der Waals surface area contributed by atoms with Gasteiger partial charge in [0.1, 0.15) is 0 Å². The molecule has 0 radical (unpaired) electrons. The molecule has 1 fully saturated rings. The van der Waals surface area contributed by atoms with Crippen LogP contribution in [0.15, 0.2) is 18.2 Å². The molecule has 0 aliphatic heterocycles. The van der Waals surface area contributed by atoms with Gasteiger partial charge >= 0.3 is 0 Å². The van der Waals surface area contributed by atoms with Crippen molar-refractivity contribution in [2.24, 2.45) is 11.8 Å². The Hall–Kier alpha value is -1.11. The lowest BCUT2D eigenvalue weighted by molar-refractivity contribution is 0.0861. The quantitative estimate of drug-likeness (QED) is 0.704. The SMILES string of the molecule is CCC1CCCC(C(=O)c2ccc(C)cc2C)C1. The van der Waals surface area contributed by atoms with Crippen LogP contribution in [-0.2, 0) is 0 Å². The molecule has 0 amide bonds. The number of hydrogen-bond donors (Lipinski definition) is 0. The van der Waals surface area contributed by atoms with E-state index in [-0.39, 0.29) is 5.92 Å². The predicted molar refractivity (Wildman–Crippen MR) is 76.0 cm³/mol. The van der Waals surface area contributed by atoms with Crippen LogP contribution < -0.4 is 0 Å². The van der Waals surface area contributed by atoms with E-state index in [2.05, 4.69) is 32.9 Å². The van der Waals surface area contributed by atoms with E-state index < -0.39 is 0 Å². The van der Waals surface area contributed by atoms with Crippen LogP contribution in [0.4, 0.5) is 0 Å². The highest BCUT2D eigenvalue weighted by Crippen LogP contribution is 2.33. The average Bonchev–Trinajstić information content (AvgIpc) is 2.38. The monoisotopic (exact) mass is 244 g/mol. The molecule has 0 N–H and O–H groups in total. The van der Waals surface area contributed by atoms with E-state index in [0.29, 0.717) is 5.78 Å². The number of ketones is 1. The second-order valence-corrected chi connectivity index (χ2v) is 5.82. The standard InChI is InChI=1S/C17H24O/c1-4-14-6-5-7-15(11-14)17(18)16-9-8-12(2)10-13(16)3/h8-10,14-15H,4-7,11H2,1-3H3. The first-order chi connectivity index (χ1) is 8.61. The molecular formula is C17H24O. The zero-order valence-corrected chi connectivity index (χ0v) is 11.8. The van der Waals surface area contributed by atoms with Crippen LogP contribution in [0.5, 0.6) is 0 Å². The third kappa shape index (κ3) is 2.82. The summed E-state index contributed by atoms with van der Waals surface area (Å²) in [6.45, 7) is 6.38. The largest absolute Gasteiger partial charge is 0.294 e. The third-order valence-corrected chi connectivity index (χ3v) is 4.38. The van der Waals surface area contributed by atoms with Gasteiger partial charge in [-0.05, 0) is 38.2 Å². The molecule has 0 spiro atoms. The number of Topliss-reactive ketones (excluding diaryl/α,β-unsaturated/α-hetero) is 1. The summed E-state index contributed by atoms with van der Waals surface area (Å²) in [4.78, 5) is 12.6. The highest BCUT2D eigenvalue weighted by Gasteiger charge is 2.27. The summed E-state index contributed by atoms with van der Waals surface area (Å²) in [6, 6.07) is 6.19. The minimum Gasteiger partial charge on any atom is -0.294 e. The van der Waals surface area contributed by atoms with Gasteiger partial charge in [-0.25, -0.2) is 0 Å². The maximum atomic E-state index is 12.6. The molecule has 0 heterocycles. The molecule has 1 aromatic rings. The van der Waals surface area contributed by atoms with Crippen LogP contribution in [0.1, 0.15) is 60.5 Å². The van der Waals surface area contributed by atoms with Crippen molar-refractivity contribution in [3.05, 3.63) is 34.9 Å². The van der Waals surface area contributed by atoms with Gasteiger partial charge in [-0.3, -0.25) is 4.79 Å². The summed E-state index contributed by atoms with van der Waals surface area (Å²) >= 11 is 0.